The summed E-state index contributed by atoms with van der Waals surface area (Å²) < 4.78 is 52.0. The molecule has 188 valence electrons. The molecule has 2 heterocycles. The van der Waals surface area contributed by atoms with Crippen LogP contribution in [0.15, 0.2) is 48.7 Å². The molecule has 1 aliphatic heterocycles. The van der Waals surface area contributed by atoms with E-state index in [9.17, 15) is 18.0 Å². The number of likely N-dealkylation sites (N-methyl/N-ethyl adjacent to an activating group) is 1. The first-order chi connectivity index (χ1) is 16.7. The fourth-order valence-corrected chi connectivity index (χ4v) is 5.16. The topological polar surface area (TPSA) is 43.7 Å². The molecule has 0 atom stereocenters. The number of amides is 1. The second-order valence-corrected chi connectivity index (χ2v) is 9.40. The maximum atomic E-state index is 13.7. The number of fused-ring (bicyclic) bond motifs is 1. The molecular weight excluding hydrogens is 481 g/mol. The van der Waals surface area contributed by atoms with Crippen LogP contribution in [0.5, 0.6) is 0 Å². The van der Waals surface area contributed by atoms with Gasteiger partial charge in [-0.3, -0.25) is 4.79 Å². The molecule has 1 amide bonds. The SMILES string of the molecule is COCCn1cc(C(=O)N(C)CC2(c3ccc(C(F)(F)F)cc3)CCOCC2)c2c(Cl)cccc21. The quantitative estimate of drug-likeness (QED) is 0.406. The molecule has 1 aliphatic rings. The van der Waals surface area contributed by atoms with Gasteiger partial charge in [-0.15, -0.1) is 0 Å². The number of carbonyl (C=O) groups excluding carboxylic acids is 1. The highest BCUT2D eigenvalue weighted by Crippen LogP contribution is 2.38. The number of hydrogen-bond donors (Lipinski definition) is 0. The fraction of sp³-hybridized carbons (Fsp3) is 0.423. The van der Waals surface area contributed by atoms with E-state index >= 15 is 0 Å². The standard InChI is InChI=1S/C26H28ClF3N2O3/c1-31(24(33)20-16-32(12-15-34-2)22-5-3-4-21(27)23(20)22)17-25(10-13-35-14-11-25)18-6-8-19(9-7-18)26(28,29)30/h3-9,16H,10-15,17H2,1-2H3. The third-order valence-corrected chi connectivity index (χ3v) is 7.10. The smallest absolute Gasteiger partial charge is 0.383 e. The van der Waals surface area contributed by atoms with Crippen molar-refractivity contribution in [3.05, 3.63) is 70.4 Å². The van der Waals surface area contributed by atoms with E-state index in [0.29, 0.717) is 61.7 Å². The zero-order valence-corrected chi connectivity index (χ0v) is 20.5. The lowest BCUT2D eigenvalue weighted by Gasteiger charge is -2.40. The van der Waals surface area contributed by atoms with E-state index in [-0.39, 0.29) is 5.91 Å². The predicted octanol–water partition coefficient (Wildman–Crippen LogP) is 5.78. The number of rotatable bonds is 7. The molecule has 1 saturated heterocycles. The Balaban J connectivity index is 1.66. The van der Waals surface area contributed by atoms with Crippen LogP contribution in [0.2, 0.25) is 5.02 Å². The van der Waals surface area contributed by atoms with Crippen LogP contribution in [0, 0.1) is 0 Å². The van der Waals surface area contributed by atoms with Gasteiger partial charge in [-0.05, 0) is 42.7 Å². The van der Waals surface area contributed by atoms with Crippen LogP contribution in [-0.2, 0) is 27.6 Å². The van der Waals surface area contributed by atoms with Gasteiger partial charge in [0.25, 0.3) is 5.91 Å². The average Bonchev–Trinajstić information content (AvgIpc) is 3.22. The number of methoxy groups -OCH3 is 1. The Morgan fingerprint density at radius 2 is 1.86 bits per heavy atom. The number of halogens is 4. The van der Waals surface area contributed by atoms with E-state index in [2.05, 4.69) is 0 Å². The molecule has 4 rings (SSSR count). The van der Waals surface area contributed by atoms with Crippen LogP contribution in [0.1, 0.15) is 34.3 Å². The zero-order chi connectivity index (χ0) is 25.2. The second-order valence-electron chi connectivity index (χ2n) is 8.99. The lowest BCUT2D eigenvalue weighted by atomic mass is 9.73. The van der Waals surface area contributed by atoms with Gasteiger partial charge in [0.2, 0.25) is 0 Å². The van der Waals surface area contributed by atoms with E-state index in [1.807, 2.05) is 16.7 Å². The van der Waals surface area contributed by atoms with E-state index in [0.717, 1.165) is 23.2 Å². The van der Waals surface area contributed by atoms with Crippen LogP contribution < -0.4 is 0 Å². The van der Waals surface area contributed by atoms with Gasteiger partial charge in [0.05, 0.1) is 28.3 Å². The highest BCUT2D eigenvalue weighted by molar-refractivity contribution is 6.36. The molecule has 0 unspecified atom stereocenters. The van der Waals surface area contributed by atoms with Gasteiger partial charge < -0.3 is 18.9 Å². The van der Waals surface area contributed by atoms with Gasteiger partial charge in [0.15, 0.2) is 0 Å². The molecule has 35 heavy (non-hydrogen) atoms. The van der Waals surface area contributed by atoms with E-state index in [1.165, 1.54) is 12.1 Å². The lowest BCUT2D eigenvalue weighted by molar-refractivity contribution is -0.137. The molecule has 9 heteroatoms. The number of aromatic nitrogens is 1. The summed E-state index contributed by atoms with van der Waals surface area (Å²) in [6.45, 7) is 2.35. The van der Waals surface area contributed by atoms with Crippen molar-refractivity contribution >= 4 is 28.4 Å². The Labute approximate surface area is 207 Å². The number of alkyl halides is 3. The Hall–Kier alpha value is -2.55. The first-order valence-corrected chi connectivity index (χ1v) is 11.8. The minimum Gasteiger partial charge on any atom is -0.383 e. The van der Waals surface area contributed by atoms with Crippen LogP contribution >= 0.6 is 11.6 Å². The van der Waals surface area contributed by atoms with E-state index in [1.54, 1.807) is 31.3 Å². The summed E-state index contributed by atoms with van der Waals surface area (Å²) >= 11 is 6.50. The number of nitrogens with zero attached hydrogens (tertiary/aromatic N) is 2. The minimum absolute atomic E-state index is 0.197. The van der Waals surface area contributed by atoms with Crippen molar-refractivity contribution in [3.8, 4) is 0 Å². The molecular formula is C26H28ClF3N2O3. The number of ether oxygens (including phenoxy) is 2. The van der Waals surface area contributed by atoms with Gasteiger partial charge in [0.1, 0.15) is 0 Å². The molecule has 0 saturated carbocycles. The van der Waals surface area contributed by atoms with Crippen molar-refractivity contribution in [2.45, 2.75) is 31.0 Å². The molecule has 0 spiro atoms. The molecule has 0 N–H and O–H groups in total. The summed E-state index contributed by atoms with van der Waals surface area (Å²) in [5.74, 6) is -0.197. The summed E-state index contributed by atoms with van der Waals surface area (Å²) in [4.78, 5) is 15.3. The van der Waals surface area contributed by atoms with Crippen molar-refractivity contribution in [2.75, 3.05) is 40.5 Å². The molecule has 1 fully saturated rings. The molecule has 5 nitrogen and oxygen atoms in total. The molecule has 3 aromatic rings. The lowest BCUT2D eigenvalue weighted by Crippen LogP contribution is -2.45. The maximum Gasteiger partial charge on any atom is 0.416 e. The van der Waals surface area contributed by atoms with Gasteiger partial charge in [0, 0.05) is 57.5 Å². The molecule has 1 aromatic heterocycles. The summed E-state index contributed by atoms with van der Waals surface area (Å²) in [6, 6.07) is 10.8. The van der Waals surface area contributed by atoms with Gasteiger partial charge >= 0.3 is 6.18 Å². The second kappa shape index (κ2) is 10.2. The normalized spacial score (nSPS) is 15.9. The van der Waals surface area contributed by atoms with E-state index in [4.69, 9.17) is 21.1 Å². The number of hydrogen-bond acceptors (Lipinski definition) is 3. The number of carbonyl (C=O) groups is 1. The van der Waals surface area contributed by atoms with Crippen molar-refractivity contribution in [1.29, 1.82) is 0 Å². The molecule has 0 bridgehead atoms. The third-order valence-electron chi connectivity index (χ3n) is 6.78. The fourth-order valence-electron chi connectivity index (χ4n) is 4.89. The molecule has 0 aliphatic carbocycles. The van der Waals surface area contributed by atoms with Crippen LogP contribution in [0.4, 0.5) is 13.2 Å². The van der Waals surface area contributed by atoms with Crippen molar-refractivity contribution in [1.82, 2.24) is 9.47 Å². The van der Waals surface area contributed by atoms with Crippen molar-refractivity contribution in [2.24, 2.45) is 0 Å². The van der Waals surface area contributed by atoms with Gasteiger partial charge in [-0.25, -0.2) is 0 Å². The summed E-state index contributed by atoms with van der Waals surface area (Å²) in [5.41, 5.74) is 0.902. The van der Waals surface area contributed by atoms with Crippen LogP contribution in [0.3, 0.4) is 0 Å². The summed E-state index contributed by atoms with van der Waals surface area (Å²) in [6.07, 6.45) is -1.40. The Kier molecular flexibility index (Phi) is 7.45. The number of benzene rings is 2. The largest absolute Gasteiger partial charge is 0.416 e. The van der Waals surface area contributed by atoms with Crippen molar-refractivity contribution < 1.29 is 27.4 Å². The Bertz CT molecular complexity index is 1190. The van der Waals surface area contributed by atoms with Gasteiger partial charge in [-0.2, -0.15) is 13.2 Å². The monoisotopic (exact) mass is 508 g/mol. The first kappa shape index (κ1) is 25.5. The highest BCUT2D eigenvalue weighted by Gasteiger charge is 2.38. The van der Waals surface area contributed by atoms with Crippen LogP contribution in [0.25, 0.3) is 10.9 Å². The predicted molar refractivity (Wildman–Crippen MR) is 129 cm³/mol. The summed E-state index contributed by atoms with van der Waals surface area (Å²) in [5, 5.41) is 1.16. The highest BCUT2D eigenvalue weighted by atomic mass is 35.5. The van der Waals surface area contributed by atoms with E-state index < -0.39 is 17.2 Å². The average molecular weight is 509 g/mol. The Morgan fingerprint density at radius 3 is 2.49 bits per heavy atom. The van der Waals surface area contributed by atoms with Gasteiger partial charge in [-0.1, -0.05) is 29.8 Å². The summed E-state index contributed by atoms with van der Waals surface area (Å²) in [7, 11) is 3.34. The molecule has 0 radical (unpaired) electrons. The first-order valence-electron chi connectivity index (χ1n) is 11.4. The third kappa shape index (κ3) is 5.20. The Morgan fingerprint density at radius 1 is 1.17 bits per heavy atom. The zero-order valence-electron chi connectivity index (χ0n) is 19.7. The minimum atomic E-state index is -4.40. The van der Waals surface area contributed by atoms with Crippen molar-refractivity contribution in [3.63, 3.8) is 0 Å². The molecule has 2 aromatic carbocycles. The maximum absolute atomic E-state index is 13.7. The van der Waals surface area contributed by atoms with Crippen LogP contribution in [-0.4, -0.2) is 55.9 Å².